The van der Waals surface area contributed by atoms with Crippen LogP contribution in [0.15, 0.2) is 18.5 Å². The number of aromatic nitrogens is 3. The van der Waals surface area contributed by atoms with Crippen LogP contribution in [0.5, 0.6) is 0 Å². The van der Waals surface area contributed by atoms with E-state index in [-0.39, 0.29) is 11.5 Å². The van der Waals surface area contributed by atoms with Crippen molar-refractivity contribution in [1.29, 1.82) is 5.26 Å². The molecule has 0 saturated carbocycles. The summed E-state index contributed by atoms with van der Waals surface area (Å²) >= 11 is 0. The zero-order chi connectivity index (χ0) is 15.2. The SMILES string of the molecule is N#C[C@]1(c2ccc3c(N)ncnn23)OC(CO)C(O)C1O. The second-order valence-corrected chi connectivity index (χ2v) is 4.78. The molecule has 9 heteroatoms. The van der Waals surface area contributed by atoms with Gasteiger partial charge in [-0.1, -0.05) is 0 Å². The summed E-state index contributed by atoms with van der Waals surface area (Å²) in [5.41, 5.74) is 4.52. The van der Waals surface area contributed by atoms with Crippen molar-refractivity contribution < 1.29 is 20.1 Å². The number of nitrogens with zero attached hydrogens (tertiary/aromatic N) is 4. The molecule has 3 heterocycles. The van der Waals surface area contributed by atoms with Gasteiger partial charge in [-0.05, 0) is 12.1 Å². The zero-order valence-corrected chi connectivity index (χ0v) is 10.8. The molecule has 0 amide bonds. The van der Waals surface area contributed by atoms with E-state index in [2.05, 4.69) is 10.1 Å². The minimum absolute atomic E-state index is 0.205. The summed E-state index contributed by atoms with van der Waals surface area (Å²) in [5, 5.41) is 42.8. The molecular formula is C12H13N5O4. The van der Waals surface area contributed by atoms with E-state index in [4.69, 9.17) is 10.5 Å². The number of anilines is 1. The van der Waals surface area contributed by atoms with Crippen molar-refractivity contribution in [2.45, 2.75) is 23.9 Å². The molecule has 2 aromatic heterocycles. The number of ether oxygens (including phenoxy) is 1. The first-order valence-electron chi connectivity index (χ1n) is 6.20. The van der Waals surface area contributed by atoms with Crippen molar-refractivity contribution in [1.82, 2.24) is 14.6 Å². The fourth-order valence-corrected chi connectivity index (χ4v) is 2.56. The maximum Gasteiger partial charge on any atom is 0.225 e. The number of nitrogens with two attached hydrogens (primary N) is 1. The van der Waals surface area contributed by atoms with Crippen LogP contribution in [0.4, 0.5) is 5.82 Å². The second-order valence-electron chi connectivity index (χ2n) is 4.78. The van der Waals surface area contributed by atoms with Gasteiger partial charge in [-0.2, -0.15) is 10.4 Å². The highest BCUT2D eigenvalue weighted by molar-refractivity contribution is 5.66. The lowest BCUT2D eigenvalue weighted by atomic mass is 9.92. The lowest BCUT2D eigenvalue weighted by Gasteiger charge is -2.24. The first-order valence-corrected chi connectivity index (χ1v) is 6.20. The number of aliphatic hydroxyl groups excluding tert-OH is 3. The maximum absolute atomic E-state index is 10.2. The molecular weight excluding hydrogens is 278 g/mol. The van der Waals surface area contributed by atoms with Gasteiger partial charge in [0.2, 0.25) is 5.60 Å². The van der Waals surface area contributed by atoms with E-state index in [1.54, 1.807) is 6.07 Å². The van der Waals surface area contributed by atoms with E-state index in [9.17, 15) is 20.6 Å². The van der Waals surface area contributed by atoms with Gasteiger partial charge in [0.25, 0.3) is 0 Å². The number of fused-ring (bicyclic) bond motifs is 1. The highest BCUT2D eigenvalue weighted by Gasteiger charge is 2.57. The zero-order valence-electron chi connectivity index (χ0n) is 10.8. The van der Waals surface area contributed by atoms with Gasteiger partial charge in [-0.25, -0.2) is 9.50 Å². The predicted molar refractivity (Wildman–Crippen MR) is 68.7 cm³/mol. The third-order valence-electron chi connectivity index (χ3n) is 3.67. The maximum atomic E-state index is 10.2. The third kappa shape index (κ3) is 1.71. The molecule has 1 aliphatic rings. The Bertz CT molecular complexity index is 726. The molecule has 0 aliphatic carbocycles. The van der Waals surface area contributed by atoms with Crippen molar-refractivity contribution >= 4 is 11.3 Å². The molecule has 3 unspecified atom stereocenters. The molecule has 1 saturated heterocycles. The first-order chi connectivity index (χ1) is 10.0. The Morgan fingerprint density at radius 2 is 2.24 bits per heavy atom. The van der Waals surface area contributed by atoms with Gasteiger partial charge in [-0.3, -0.25) is 0 Å². The summed E-state index contributed by atoms with van der Waals surface area (Å²) < 4.78 is 6.75. The molecule has 9 nitrogen and oxygen atoms in total. The van der Waals surface area contributed by atoms with Crippen LogP contribution < -0.4 is 5.73 Å². The second kappa shape index (κ2) is 4.64. The summed E-state index contributed by atoms with van der Waals surface area (Å²) in [4.78, 5) is 3.83. The van der Waals surface area contributed by atoms with Crippen LogP contribution in [-0.4, -0.2) is 54.8 Å². The van der Waals surface area contributed by atoms with Gasteiger partial charge in [0.05, 0.1) is 12.3 Å². The van der Waals surface area contributed by atoms with Crippen molar-refractivity contribution in [2.24, 2.45) is 0 Å². The average molecular weight is 291 g/mol. The Labute approximate surface area is 118 Å². The van der Waals surface area contributed by atoms with Crippen molar-refractivity contribution in [3.63, 3.8) is 0 Å². The van der Waals surface area contributed by atoms with Crippen LogP contribution in [0.2, 0.25) is 0 Å². The topological polar surface area (TPSA) is 150 Å². The molecule has 3 rings (SSSR count). The van der Waals surface area contributed by atoms with E-state index in [0.29, 0.717) is 5.52 Å². The molecule has 0 radical (unpaired) electrons. The lowest BCUT2D eigenvalue weighted by Crippen LogP contribution is -2.40. The summed E-state index contributed by atoms with van der Waals surface area (Å²) in [6, 6.07) is 4.97. The highest BCUT2D eigenvalue weighted by atomic mass is 16.6. The molecule has 1 aliphatic heterocycles. The molecule has 1 fully saturated rings. The molecule has 0 bridgehead atoms. The van der Waals surface area contributed by atoms with E-state index in [1.807, 2.05) is 6.07 Å². The fourth-order valence-electron chi connectivity index (χ4n) is 2.56. The summed E-state index contributed by atoms with van der Waals surface area (Å²) in [7, 11) is 0. The quantitative estimate of drug-likeness (QED) is 0.503. The van der Waals surface area contributed by atoms with Crippen LogP contribution in [0.25, 0.3) is 5.52 Å². The molecule has 2 aromatic rings. The van der Waals surface area contributed by atoms with E-state index in [1.165, 1.54) is 16.9 Å². The van der Waals surface area contributed by atoms with Crippen LogP contribution in [0.1, 0.15) is 5.69 Å². The van der Waals surface area contributed by atoms with Gasteiger partial charge < -0.3 is 25.8 Å². The molecule has 5 N–H and O–H groups in total. The van der Waals surface area contributed by atoms with E-state index >= 15 is 0 Å². The van der Waals surface area contributed by atoms with Crippen LogP contribution in [-0.2, 0) is 10.3 Å². The fraction of sp³-hybridized carbons (Fsp3) is 0.417. The lowest BCUT2D eigenvalue weighted by molar-refractivity contribution is -0.0643. The molecule has 21 heavy (non-hydrogen) atoms. The predicted octanol–water partition coefficient (Wildman–Crippen LogP) is -1.86. The van der Waals surface area contributed by atoms with E-state index < -0.39 is 30.5 Å². The van der Waals surface area contributed by atoms with Gasteiger partial charge >= 0.3 is 0 Å². The van der Waals surface area contributed by atoms with Gasteiger partial charge in [0.1, 0.15) is 36.2 Å². The standard InChI is InChI=1S/C12H13N5O4/c13-4-12(10(20)9(19)7(3-18)21-12)8-2-1-6-11(14)15-5-16-17(6)8/h1-2,5,7,9-10,18-20H,3H2,(H2,14,15,16)/t7?,9?,10?,12-/m1/s1. The molecule has 0 spiro atoms. The molecule has 110 valence electrons. The normalized spacial score (nSPS) is 32.4. The highest BCUT2D eigenvalue weighted by Crippen LogP contribution is 2.40. The number of rotatable bonds is 2. The van der Waals surface area contributed by atoms with Crippen molar-refractivity contribution in [2.75, 3.05) is 12.3 Å². The third-order valence-corrected chi connectivity index (χ3v) is 3.67. The largest absolute Gasteiger partial charge is 0.394 e. The monoisotopic (exact) mass is 291 g/mol. The van der Waals surface area contributed by atoms with Gasteiger partial charge in [0, 0.05) is 0 Å². The number of hydrogen-bond donors (Lipinski definition) is 4. The summed E-state index contributed by atoms with van der Waals surface area (Å²) in [5.74, 6) is 0.205. The summed E-state index contributed by atoms with van der Waals surface area (Å²) in [6.07, 6.45) is -2.78. The van der Waals surface area contributed by atoms with Gasteiger partial charge in [0.15, 0.2) is 5.82 Å². The van der Waals surface area contributed by atoms with Crippen LogP contribution >= 0.6 is 0 Å². The van der Waals surface area contributed by atoms with Crippen LogP contribution in [0, 0.1) is 11.3 Å². The van der Waals surface area contributed by atoms with E-state index in [0.717, 1.165) is 0 Å². The Morgan fingerprint density at radius 3 is 2.86 bits per heavy atom. The van der Waals surface area contributed by atoms with Crippen molar-refractivity contribution in [3.8, 4) is 6.07 Å². The number of aliphatic hydroxyl groups is 3. The minimum atomic E-state index is -1.85. The molecule has 4 atom stereocenters. The molecule has 0 aromatic carbocycles. The Morgan fingerprint density at radius 1 is 1.48 bits per heavy atom. The number of hydrogen-bond acceptors (Lipinski definition) is 8. The summed E-state index contributed by atoms with van der Waals surface area (Å²) in [6.45, 7) is -0.526. The van der Waals surface area contributed by atoms with Crippen molar-refractivity contribution in [3.05, 3.63) is 24.2 Å². The Balaban J connectivity index is 2.20. The Hall–Kier alpha value is -2.25. The smallest absolute Gasteiger partial charge is 0.225 e. The van der Waals surface area contributed by atoms with Crippen LogP contribution in [0.3, 0.4) is 0 Å². The van der Waals surface area contributed by atoms with Gasteiger partial charge in [-0.15, -0.1) is 0 Å². The number of nitrogen functional groups attached to an aromatic ring is 1. The minimum Gasteiger partial charge on any atom is -0.394 e. The Kier molecular flexibility index (Phi) is 3.03. The average Bonchev–Trinajstić information content (AvgIpc) is 3.03. The number of nitriles is 1. The first kappa shape index (κ1) is 13.7.